The van der Waals surface area contributed by atoms with Crippen molar-refractivity contribution in [3.8, 4) is 17.3 Å². The Bertz CT molecular complexity index is 661. The lowest BCUT2D eigenvalue weighted by Crippen LogP contribution is -2.17. The van der Waals surface area contributed by atoms with E-state index in [1.807, 2.05) is 23.1 Å². The van der Waals surface area contributed by atoms with Crippen LogP contribution < -0.4 is 0 Å². The highest BCUT2D eigenvalue weighted by Gasteiger charge is 2.30. The second kappa shape index (κ2) is 5.99. The van der Waals surface area contributed by atoms with E-state index < -0.39 is 0 Å². The summed E-state index contributed by atoms with van der Waals surface area (Å²) < 4.78 is 5.19. The van der Waals surface area contributed by atoms with E-state index in [-0.39, 0.29) is 6.04 Å². The van der Waals surface area contributed by atoms with Crippen molar-refractivity contribution in [3.05, 3.63) is 59.7 Å². The molecule has 0 fully saturated rings. The molecule has 0 spiro atoms. The first-order valence-corrected chi connectivity index (χ1v) is 7.17. The summed E-state index contributed by atoms with van der Waals surface area (Å²) in [4.78, 5) is 1.86. The number of hydrogen-bond donors (Lipinski definition) is 0. The zero-order valence-electron chi connectivity index (χ0n) is 12.1. The van der Waals surface area contributed by atoms with E-state index in [9.17, 15) is 5.26 Å². The van der Waals surface area contributed by atoms with Gasteiger partial charge in [-0.05, 0) is 28.7 Å². The first-order valence-electron chi connectivity index (χ1n) is 7.17. The number of nitriles is 1. The lowest BCUT2D eigenvalue weighted by Gasteiger charge is -2.18. The topological polar surface area (TPSA) is 36.3 Å². The van der Waals surface area contributed by atoms with Crippen LogP contribution in [0.15, 0.2) is 48.5 Å². The highest BCUT2D eigenvalue weighted by Crippen LogP contribution is 2.40. The Kier molecular flexibility index (Phi) is 3.89. The van der Waals surface area contributed by atoms with Gasteiger partial charge < -0.3 is 4.74 Å². The summed E-state index contributed by atoms with van der Waals surface area (Å²) in [5.41, 5.74) is 4.97. The van der Waals surface area contributed by atoms with Crippen LogP contribution in [0, 0.1) is 11.5 Å². The molecular formula is C18H18N2O. The van der Waals surface area contributed by atoms with E-state index in [2.05, 4.69) is 36.5 Å². The number of nitrogens with zero attached hydrogens (tertiary/aromatic N) is 2. The maximum atomic E-state index is 9.40. The molecule has 0 saturated carbocycles. The molecule has 0 radical (unpaired) electrons. The highest BCUT2D eigenvalue weighted by atomic mass is 16.5. The largest absolute Gasteiger partial charge is 0.385 e. The molecule has 3 heteroatoms. The minimum absolute atomic E-state index is 0.133. The van der Waals surface area contributed by atoms with Crippen molar-refractivity contribution < 1.29 is 4.74 Å². The summed E-state index contributed by atoms with van der Waals surface area (Å²) in [5.74, 6) is 0. The van der Waals surface area contributed by atoms with Gasteiger partial charge in [0.2, 0.25) is 0 Å². The van der Waals surface area contributed by atoms with Gasteiger partial charge in [-0.25, -0.2) is 0 Å². The first-order chi connectivity index (χ1) is 10.3. The van der Waals surface area contributed by atoms with Crippen LogP contribution in [-0.4, -0.2) is 18.6 Å². The zero-order valence-corrected chi connectivity index (χ0v) is 12.1. The van der Waals surface area contributed by atoms with Crippen molar-refractivity contribution in [2.75, 3.05) is 13.7 Å². The van der Waals surface area contributed by atoms with Crippen molar-refractivity contribution in [3.63, 3.8) is 0 Å². The molecule has 1 unspecified atom stereocenters. The Morgan fingerprint density at radius 1 is 1.19 bits per heavy atom. The second-order valence-corrected chi connectivity index (χ2v) is 5.26. The van der Waals surface area contributed by atoms with Crippen LogP contribution in [-0.2, 0) is 11.3 Å². The molecule has 0 saturated heterocycles. The number of rotatable bonds is 4. The van der Waals surface area contributed by atoms with Gasteiger partial charge in [0.25, 0.3) is 0 Å². The van der Waals surface area contributed by atoms with E-state index in [0.29, 0.717) is 13.2 Å². The van der Waals surface area contributed by atoms with Gasteiger partial charge >= 0.3 is 0 Å². The Morgan fingerprint density at radius 2 is 2.00 bits per heavy atom. The predicted molar refractivity (Wildman–Crippen MR) is 82.3 cm³/mol. The highest BCUT2D eigenvalue weighted by molar-refractivity contribution is 5.69. The molecule has 2 aromatic rings. The van der Waals surface area contributed by atoms with Crippen molar-refractivity contribution >= 4 is 0 Å². The van der Waals surface area contributed by atoms with Crippen LogP contribution in [0.3, 0.4) is 0 Å². The number of benzene rings is 2. The lowest BCUT2D eigenvalue weighted by atomic mass is 9.94. The zero-order chi connectivity index (χ0) is 14.7. The third kappa shape index (κ3) is 2.51. The summed E-state index contributed by atoms with van der Waals surface area (Å²) in [6.07, 6.45) is 3.17. The molecule has 0 aromatic heterocycles. The minimum Gasteiger partial charge on any atom is -0.385 e. The molecule has 3 rings (SSSR count). The monoisotopic (exact) mass is 278 g/mol. The fraction of sp³-hybridized carbons (Fsp3) is 0.278. The average Bonchev–Trinajstić information content (AvgIpc) is 2.91. The molecule has 21 heavy (non-hydrogen) atoms. The standard InChI is InChI=1S/C18H18N2O/c1-21-11-10-18-16-9-5-8-15(14-6-3-2-4-7-14)17(16)12-20(18)13-19/h2-9,18H,10-12H2,1H3. The summed E-state index contributed by atoms with van der Waals surface area (Å²) in [6.45, 7) is 1.35. The fourth-order valence-corrected chi connectivity index (χ4v) is 3.08. The minimum atomic E-state index is 0.133. The van der Waals surface area contributed by atoms with Crippen LogP contribution in [0.4, 0.5) is 0 Å². The molecule has 1 atom stereocenters. The van der Waals surface area contributed by atoms with Gasteiger partial charge in [-0.2, -0.15) is 5.26 Å². The SMILES string of the molecule is COCCC1c2cccc(-c3ccccc3)c2CN1C#N. The average molecular weight is 278 g/mol. The van der Waals surface area contributed by atoms with Gasteiger partial charge in [-0.1, -0.05) is 48.5 Å². The van der Waals surface area contributed by atoms with E-state index >= 15 is 0 Å². The molecule has 1 heterocycles. The second-order valence-electron chi connectivity index (χ2n) is 5.26. The summed E-state index contributed by atoms with van der Waals surface area (Å²) in [6, 6.07) is 16.9. The van der Waals surface area contributed by atoms with Crippen molar-refractivity contribution in [1.29, 1.82) is 5.26 Å². The quantitative estimate of drug-likeness (QED) is 0.800. The molecule has 0 N–H and O–H groups in total. The molecule has 0 bridgehead atoms. The number of fused-ring (bicyclic) bond motifs is 1. The van der Waals surface area contributed by atoms with Crippen LogP contribution in [0.25, 0.3) is 11.1 Å². The van der Waals surface area contributed by atoms with Crippen LogP contribution in [0.1, 0.15) is 23.6 Å². The Hall–Kier alpha value is -2.31. The number of methoxy groups -OCH3 is 1. The van der Waals surface area contributed by atoms with Gasteiger partial charge in [0.1, 0.15) is 0 Å². The van der Waals surface area contributed by atoms with Crippen molar-refractivity contribution in [2.24, 2.45) is 0 Å². The molecule has 0 amide bonds. The van der Waals surface area contributed by atoms with Crippen LogP contribution in [0.2, 0.25) is 0 Å². The molecule has 2 aromatic carbocycles. The fourth-order valence-electron chi connectivity index (χ4n) is 3.08. The molecule has 3 nitrogen and oxygen atoms in total. The van der Waals surface area contributed by atoms with E-state index in [1.165, 1.54) is 22.3 Å². The lowest BCUT2D eigenvalue weighted by molar-refractivity contribution is 0.164. The summed E-state index contributed by atoms with van der Waals surface area (Å²) >= 11 is 0. The molecule has 1 aliphatic rings. The Labute approximate surface area is 125 Å². The molecule has 0 aliphatic carbocycles. The van der Waals surface area contributed by atoms with Gasteiger partial charge in [-0.15, -0.1) is 0 Å². The van der Waals surface area contributed by atoms with Gasteiger partial charge in [0.05, 0.1) is 12.6 Å². The maximum absolute atomic E-state index is 9.40. The predicted octanol–water partition coefficient (Wildman–Crippen LogP) is 3.73. The summed E-state index contributed by atoms with van der Waals surface area (Å²) in [7, 11) is 1.70. The third-order valence-electron chi connectivity index (χ3n) is 4.08. The van der Waals surface area contributed by atoms with Crippen LogP contribution in [0.5, 0.6) is 0 Å². The summed E-state index contributed by atoms with van der Waals surface area (Å²) in [5, 5.41) is 9.40. The van der Waals surface area contributed by atoms with E-state index in [1.54, 1.807) is 7.11 Å². The van der Waals surface area contributed by atoms with Gasteiger partial charge in [-0.3, -0.25) is 4.90 Å². The number of hydrogen-bond acceptors (Lipinski definition) is 3. The molecule has 1 aliphatic heterocycles. The number of ether oxygens (including phenoxy) is 1. The van der Waals surface area contributed by atoms with E-state index in [0.717, 1.165) is 6.42 Å². The third-order valence-corrected chi connectivity index (χ3v) is 4.08. The van der Waals surface area contributed by atoms with Crippen LogP contribution >= 0.6 is 0 Å². The van der Waals surface area contributed by atoms with Gasteiger partial charge in [0, 0.05) is 13.7 Å². The molecule has 106 valence electrons. The van der Waals surface area contributed by atoms with E-state index in [4.69, 9.17) is 4.74 Å². The smallest absolute Gasteiger partial charge is 0.180 e. The Balaban J connectivity index is 2.03. The Morgan fingerprint density at radius 3 is 2.71 bits per heavy atom. The molecular weight excluding hydrogens is 260 g/mol. The van der Waals surface area contributed by atoms with Crippen molar-refractivity contribution in [1.82, 2.24) is 4.90 Å². The first kappa shape index (κ1) is 13.7. The normalized spacial score (nSPS) is 16.6. The van der Waals surface area contributed by atoms with Crippen molar-refractivity contribution in [2.45, 2.75) is 19.0 Å². The maximum Gasteiger partial charge on any atom is 0.180 e. The van der Waals surface area contributed by atoms with Gasteiger partial charge in [0.15, 0.2) is 6.19 Å².